The van der Waals surface area contributed by atoms with Crippen LogP contribution in [0.4, 0.5) is 5.82 Å². The average molecular weight is 546 g/mol. The van der Waals surface area contributed by atoms with Crippen LogP contribution in [0.1, 0.15) is 27.2 Å². The minimum atomic E-state index is -0.295. The topological polar surface area (TPSA) is 92.7 Å². The van der Waals surface area contributed by atoms with Crippen LogP contribution >= 0.6 is 27.3 Å². The summed E-state index contributed by atoms with van der Waals surface area (Å²) in [7, 11) is 0. The number of amides is 1. The van der Waals surface area contributed by atoms with E-state index in [4.69, 9.17) is 0 Å². The highest BCUT2D eigenvalue weighted by molar-refractivity contribution is 9.10. The summed E-state index contributed by atoms with van der Waals surface area (Å²) in [6.45, 7) is 1.81. The van der Waals surface area contributed by atoms with Gasteiger partial charge in [0.2, 0.25) is 5.95 Å². The highest BCUT2D eigenvalue weighted by atomic mass is 79.9. The molecule has 5 aromatic rings. The lowest BCUT2D eigenvalue weighted by molar-refractivity contribution is 0.102. The van der Waals surface area contributed by atoms with Crippen LogP contribution in [0.5, 0.6) is 0 Å². The summed E-state index contributed by atoms with van der Waals surface area (Å²) in [4.78, 5) is 34.4. The monoisotopic (exact) mass is 545 g/mol. The number of thiophene rings is 1. The van der Waals surface area contributed by atoms with E-state index >= 15 is 0 Å². The predicted octanol–water partition coefficient (Wildman–Crippen LogP) is 5.60. The summed E-state index contributed by atoms with van der Waals surface area (Å²) in [6, 6.07) is 22.5. The Morgan fingerprint density at radius 2 is 1.86 bits per heavy atom. The van der Waals surface area contributed by atoms with Crippen LogP contribution in [0.3, 0.4) is 0 Å². The fraction of sp³-hybridized carbons (Fsp3) is 0.0769. The molecule has 174 valence electrons. The molecule has 5 rings (SSSR count). The van der Waals surface area contributed by atoms with Gasteiger partial charge in [0.1, 0.15) is 11.5 Å². The highest BCUT2D eigenvalue weighted by Gasteiger charge is 2.18. The van der Waals surface area contributed by atoms with Gasteiger partial charge in [0.25, 0.3) is 11.5 Å². The SMILES string of the molecule is Cc1nc(-n2nc(-c3cccs3)cc2NC(=O)c2ccc(Br)cc2)[nH]c(=O)c1Cc1ccccc1. The number of anilines is 1. The van der Waals surface area contributed by atoms with Crippen LogP contribution in [0.2, 0.25) is 0 Å². The lowest BCUT2D eigenvalue weighted by atomic mass is 10.1. The maximum absolute atomic E-state index is 13.0. The van der Waals surface area contributed by atoms with Gasteiger partial charge < -0.3 is 5.32 Å². The van der Waals surface area contributed by atoms with E-state index in [-0.39, 0.29) is 17.4 Å². The molecule has 1 amide bonds. The molecule has 2 aromatic carbocycles. The van der Waals surface area contributed by atoms with Crippen molar-refractivity contribution in [3.05, 3.63) is 115 Å². The number of aromatic nitrogens is 4. The molecular formula is C26H20BrN5O2S. The molecule has 0 spiro atoms. The van der Waals surface area contributed by atoms with Gasteiger partial charge in [-0.05, 0) is 48.2 Å². The van der Waals surface area contributed by atoms with Crippen LogP contribution < -0.4 is 10.9 Å². The molecule has 35 heavy (non-hydrogen) atoms. The molecule has 0 aliphatic heterocycles. The third kappa shape index (κ3) is 5.01. The van der Waals surface area contributed by atoms with E-state index in [0.717, 1.165) is 14.9 Å². The van der Waals surface area contributed by atoms with Crippen LogP contribution in [0.25, 0.3) is 16.5 Å². The van der Waals surface area contributed by atoms with Crippen LogP contribution in [0, 0.1) is 6.92 Å². The maximum Gasteiger partial charge on any atom is 0.256 e. The molecule has 0 saturated carbocycles. The smallest absolute Gasteiger partial charge is 0.256 e. The minimum absolute atomic E-state index is 0.234. The van der Waals surface area contributed by atoms with Crippen molar-refractivity contribution >= 4 is 39.0 Å². The standard InChI is InChI=1S/C26H20BrN5O2S/c1-16-20(14-17-6-3-2-4-7-17)25(34)30-26(28-16)32-23(15-21(31-32)22-8-5-13-35-22)29-24(33)18-9-11-19(27)12-10-18/h2-13,15H,14H2,1H3,(H,29,33)(H,28,30,34). The summed E-state index contributed by atoms with van der Waals surface area (Å²) in [5.74, 6) is 0.342. The molecule has 3 aromatic heterocycles. The zero-order valence-electron chi connectivity index (χ0n) is 18.7. The normalized spacial score (nSPS) is 10.9. The molecule has 0 aliphatic carbocycles. The summed E-state index contributed by atoms with van der Waals surface area (Å²) >= 11 is 4.92. The van der Waals surface area contributed by atoms with Gasteiger partial charge in [-0.2, -0.15) is 9.78 Å². The Bertz CT molecular complexity index is 1540. The molecule has 9 heteroatoms. The van der Waals surface area contributed by atoms with Crippen molar-refractivity contribution in [2.24, 2.45) is 0 Å². The summed E-state index contributed by atoms with van der Waals surface area (Å²) in [5.41, 5.74) is 3.14. The summed E-state index contributed by atoms with van der Waals surface area (Å²) < 4.78 is 2.35. The Hall–Kier alpha value is -3.82. The zero-order valence-corrected chi connectivity index (χ0v) is 21.1. The van der Waals surface area contributed by atoms with E-state index in [9.17, 15) is 9.59 Å². The average Bonchev–Trinajstić information content (AvgIpc) is 3.53. The first-order valence-corrected chi connectivity index (χ1v) is 12.5. The quantitative estimate of drug-likeness (QED) is 0.290. The molecule has 0 radical (unpaired) electrons. The van der Waals surface area contributed by atoms with Gasteiger partial charge >= 0.3 is 0 Å². The van der Waals surface area contributed by atoms with E-state index in [0.29, 0.717) is 34.8 Å². The number of aryl methyl sites for hydroxylation is 1. The third-order valence-corrected chi connectivity index (χ3v) is 6.89. The van der Waals surface area contributed by atoms with E-state index in [1.165, 1.54) is 16.0 Å². The number of aromatic amines is 1. The van der Waals surface area contributed by atoms with Crippen molar-refractivity contribution in [3.8, 4) is 16.5 Å². The second kappa shape index (κ2) is 9.81. The maximum atomic E-state index is 13.0. The Balaban J connectivity index is 1.53. The summed E-state index contributed by atoms with van der Waals surface area (Å²) in [5, 5.41) is 9.52. The number of halogens is 1. The van der Waals surface area contributed by atoms with Gasteiger partial charge in [-0.3, -0.25) is 14.6 Å². The van der Waals surface area contributed by atoms with Gasteiger partial charge in [-0.25, -0.2) is 4.98 Å². The van der Waals surface area contributed by atoms with Crippen LogP contribution in [0.15, 0.2) is 87.4 Å². The molecule has 0 unspecified atom stereocenters. The number of rotatable bonds is 6. The number of carbonyl (C=O) groups is 1. The number of benzene rings is 2. The van der Waals surface area contributed by atoms with E-state index in [1.54, 1.807) is 37.3 Å². The molecule has 2 N–H and O–H groups in total. The first kappa shape index (κ1) is 22.9. The Labute approximate surface area is 213 Å². The Morgan fingerprint density at radius 1 is 1.09 bits per heavy atom. The van der Waals surface area contributed by atoms with Crippen LogP contribution in [-0.2, 0) is 6.42 Å². The van der Waals surface area contributed by atoms with Gasteiger partial charge in [0.05, 0.1) is 10.6 Å². The van der Waals surface area contributed by atoms with Crippen molar-refractivity contribution in [1.29, 1.82) is 0 Å². The van der Waals surface area contributed by atoms with E-state index in [1.807, 2.05) is 47.8 Å². The molecule has 7 nitrogen and oxygen atoms in total. The van der Waals surface area contributed by atoms with Gasteiger partial charge in [-0.1, -0.05) is 52.3 Å². The zero-order chi connectivity index (χ0) is 24.4. The molecule has 0 atom stereocenters. The van der Waals surface area contributed by atoms with Crippen molar-refractivity contribution < 1.29 is 4.79 Å². The second-order valence-electron chi connectivity index (χ2n) is 7.88. The number of H-pyrrole nitrogens is 1. The predicted molar refractivity (Wildman–Crippen MR) is 141 cm³/mol. The fourth-order valence-electron chi connectivity index (χ4n) is 3.67. The largest absolute Gasteiger partial charge is 0.306 e. The first-order chi connectivity index (χ1) is 17.0. The number of hydrogen-bond acceptors (Lipinski definition) is 5. The summed E-state index contributed by atoms with van der Waals surface area (Å²) in [6.07, 6.45) is 0.474. The van der Waals surface area contributed by atoms with E-state index < -0.39 is 0 Å². The minimum Gasteiger partial charge on any atom is -0.306 e. The van der Waals surface area contributed by atoms with Gasteiger partial charge in [-0.15, -0.1) is 11.3 Å². The number of nitrogens with one attached hydrogen (secondary N) is 2. The Kier molecular flexibility index (Phi) is 6.43. The fourth-order valence-corrected chi connectivity index (χ4v) is 4.62. The van der Waals surface area contributed by atoms with Crippen molar-refractivity contribution in [1.82, 2.24) is 19.7 Å². The molecule has 0 bridgehead atoms. The lowest BCUT2D eigenvalue weighted by Gasteiger charge is -2.11. The number of carbonyl (C=O) groups excluding carboxylic acids is 1. The van der Waals surface area contributed by atoms with Crippen LogP contribution in [-0.4, -0.2) is 25.7 Å². The number of hydrogen-bond donors (Lipinski definition) is 2. The molecule has 3 heterocycles. The molecule has 0 saturated heterocycles. The first-order valence-electron chi connectivity index (χ1n) is 10.8. The molecule has 0 fully saturated rings. The Morgan fingerprint density at radius 3 is 2.54 bits per heavy atom. The second-order valence-corrected chi connectivity index (χ2v) is 9.74. The molecular weight excluding hydrogens is 526 g/mol. The number of nitrogens with zero attached hydrogens (tertiary/aromatic N) is 3. The van der Waals surface area contributed by atoms with E-state index in [2.05, 4.69) is 36.3 Å². The van der Waals surface area contributed by atoms with Crippen molar-refractivity contribution in [2.45, 2.75) is 13.3 Å². The lowest BCUT2D eigenvalue weighted by Crippen LogP contribution is -2.22. The van der Waals surface area contributed by atoms with Crippen molar-refractivity contribution in [3.63, 3.8) is 0 Å². The molecule has 0 aliphatic rings. The van der Waals surface area contributed by atoms with Crippen molar-refractivity contribution in [2.75, 3.05) is 5.32 Å². The third-order valence-electron chi connectivity index (χ3n) is 5.47. The van der Waals surface area contributed by atoms with Gasteiger partial charge in [0.15, 0.2) is 0 Å². The van der Waals surface area contributed by atoms with Gasteiger partial charge in [0, 0.05) is 28.1 Å². The highest BCUT2D eigenvalue weighted by Crippen LogP contribution is 2.27.